The summed E-state index contributed by atoms with van der Waals surface area (Å²) in [6, 6.07) is 13.9. The van der Waals surface area contributed by atoms with Crippen molar-refractivity contribution >= 4 is 17.1 Å². The Balaban J connectivity index is 2.17. The summed E-state index contributed by atoms with van der Waals surface area (Å²) in [5.74, 6) is 0. The van der Waals surface area contributed by atoms with E-state index in [-0.39, 0.29) is 12.2 Å². The van der Waals surface area contributed by atoms with Gasteiger partial charge in [0.2, 0.25) is 0 Å². The Morgan fingerprint density at radius 2 is 1.81 bits per heavy atom. The first kappa shape index (κ1) is 13.3. The third-order valence-corrected chi connectivity index (χ3v) is 3.46. The zero-order valence-electron chi connectivity index (χ0n) is 11.2. The van der Waals surface area contributed by atoms with E-state index in [0.717, 1.165) is 17.2 Å². The summed E-state index contributed by atoms with van der Waals surface area (Å²) < 4.78 is 1.54. The summed E-state index contributed by atoms with van der Waals surface area (Å²) in [7, 11) is 0. The second-order valence-corrected chi connectivity index (χ2v) is 4.78. The Labute approximate surface area is 120 Å². The molecule has 0 amide bonds. The molecule has 4 nitrogen and oxygen atoms in total. The Morgan fingerprint density at radius 1 is 1.05 bits per heavy atom. The van der Waals surface area contributed by atoms with Gasteiger partial charge in [-0.05, 0) is 53.4 Å². The molecule has 0 saturated heterocycles. The molecular weight excluding hydrogens is 266 g/mol. The number of aldehydes is 1. The van der Waals surface area contributed by atoms with Crippen molar-refractivity contribution in [2.45, 2.75) is 6.61 Å². The van der Waals surface area contributed by atoms with Crippen LogP contribution in [0.1, 0.15) is 15.9 Å². The molecule has 4 heteroatoms. The van der Waals surface area contributed by atoms with Crippen LogP contribution in [0.4, 0.5) is 0 Å². The van der Waals surface area contributed by atoms with Crippen molar-refractivity contribution in [1.82, 2.24) is 4.57 Å². The van der Waals surface area contributed by atoms with Crippen LogP contribution < -0.4 is 5.56 Å². The molecule has 0 aliphatic carbocycles. The number of hydrogen-bond donors (Lipinski definition) is 1. The molecule has 1 N–H and O–H groups in total. The van der Waals surface area contributed by atoms with Crippen LogP contribution in [-0.4, -0.2) is 16.0 Å². The molecule has 1 heterocycles. The van der Waals surface area contributed by atoms with Crippen LogP contribution in [0, 0.1) is 0 Å². The van der Waals surface area contributed by atoms with Crippen molar-refractivity contribution < 1.29 is 9.90 Å². The maximum Gasteiger partial charge on any atom is 0.262 e. The van der Waals surface area contributed by atoms with Crippen molar-refractivity contribution in [1.29, 1.82) is 0 Å². The molecule has 0 unspecified atom stereocenters. The normalized spacial score (nSPS) is 10.7. The van der Waals surface area contributed by atoms with Gasteiger partial charge in [-0.15, -0.1) is 0 Å². The highest BCUT2D eigenvalue weighted by molar-refractivity contribution is 5.82. The maximum atomic E-state index is 12.5. The molecule has 2 aromatic carbocycles. The van der Waals surface area contributed by atoms with Crippen LogP contribution in [0.2, 0.25) is 0 Å². The fraction of sp³-hybridized carbons (Fsp3) is 0.0588. The summed E-state index contributed by atoms with van der Waals surface area (Å²) in [5.41, 5.74) is 1.92. The minimum absolute atomic E-state index is 0.0494. The lowest BCUT2D eigenvalue weighted by atomic mass is 10.1. The van der Waals surface area contributed by atoms with Crippen molar-refractivity contribution in [3.05, 3.63) is 76.2 Å². The van der Waals surface area contributed by atoms with Crippen molar-refractivity contribution in [2.24, 2.45) is 0 Å². The highest BCUT2D eigenvalue weighted by atomic mass is 16.3. The van der Waals surface area contributed by atoms with Crippen LogP contribution >= 0.6 is 0 Å². The average Bonchev–Trinajstić information content (AvgIpc) is 2.55. The van der Waals surface area contributed by atoms with Gasteiger partial charge in [0, 0.05) is 22.8 Å². The van der Waals surface area contributed by atoms with E-state index in [2.05, 4.69) is 0 Å². The minimum atomic E-state index is -0.129. The topological polar surface area (TPSA) is 59.3 Å². The number of aromatic nitrogens is 1. The lowest BCUT2D eigenvalue weighted by molar-refractivity contribution is 0.112. The molecule has 0 radical (unpaired) electrons. The maximum absolute atomic E-state index is 12.5. The van der Waals surface area contributed by atoms with Crippen molar-refractivity contribution in [3.63, 3.8) is 0 Å². The second-order valence-electron chi connectivity index (χ2n) is 4.78. The minimum Gasteiger partial charge on any atom is -0.392 e. The molecule has 0 spiro atoms. The molecule has 21 heavy (non-hydrogen) atoms. The van der Waals surface area contributed by atoms with Crippen molar-refractivity contribution in [2.75, 3.05) is 0 Å². The van der Waals surface area contributed by atoms with E-state index in [9.17, 15) is 9.59 Å². The lowest BCUT2D eigenvalue weighted by Crippen LogP contribution is -2.17. The van der Waals surface area contributed by atoms with Gasteiger partial charge in [-0.25, -0.2) is 0 Å². The summed E-state index contributed by atoms with van der Waals surface area (Å²) >= 11 is 0. The highest BCUT2D eigenvalue weighted by Gasteiger charge is 2.05. The molecule has 0 saturated carbocycles. The van der Waals surface area contributed by atoms with Gasteiger partial charge in [-0.1, -0.05) is 6.07 Å². The summed E-state index contributed by atoms with van der Waals surface area (Å²) in [5, 5.41) is 10.5. The molecule has 0 aliphatic rings. The number of nitrogens with zero attached hydrogens (tertiary/aromatic N) is 1. The number of hydrogen-bond acceptors (Lipinski definition) is 3. The van der Waals surface area contributed by atoms with E-state index in [4.69, 9.17) is 5.11 Å². The van der Waals surface area contributed by atoms with E-state index in [1.807, 2.05) is 6.07 Å². The third-order valence-electron chi connectivity index (χ3n) is 3.46. The van der Waals surface area contributed by atoms with Crippen LogP contribution in [0.25, 0.3) is 16.5 Å². The van der Waals surface area contributed by atoms with Crippen molar-refractivity contribution in [3.8, 4) is 5.69 Å². The Kier molecular flexibility index (Phi) is 3.38. The van der Waals surface area contributed by atoms with Gasteiger partial charge in [-0.2, -0.15) is 0 Å². The summed E-state index contributed by atoms with van der Waals surface area (Å²) in [4.78, 5) is 23.2. The average molecular weight is 279 g/mol. The molecule has 0 bridgehead atoms. The summed E-state index contributed by atoms with van der Waals surface area (Å²) in [6.45, 7) is -0.0494. The first-order valence-corrected chi connectivity index (χ1v) is 6.54. The van der Waals surface area contributed by atoms with Gasteiger partial charge in [0.15, 0.2) is 0 Å². The number of aliphatic hydroxyl groups is 1. The second kappa shape index (κ2) is 5.34. The van der Waals surface area contributed by atoms with Gasteiger partial charge < -0.3 is 5.11 Å². The van der Waals surface area contributed by atoms with Gasteiger partial charge in [-0.3, -0.25) is 14.2 Å². The van der Waals surface area contributed by atoms with Gasteiger partial charge in [0.1, 0.15) is 6.29 Å². The number of carbonyl (C=O) groups excluding carboxylic acids is 1. The predicted octanol–water partition coefficient (Wildman–Crippen LogP) is 2.30. The first-order chi connectivity index (χ1) is 10.2. The zero-order valence-corrected chi connectivity index (χ0v) is 11.2. The molecule has 3 aromatic rings. The highest BCUT2D eigenvalue weighted by Crippen LogP contribution is 2.14. The summed E-state index contributed by atoms with van der Waals surface area (Å²) in [6.07, 6.45) is 2.46. The molecule has 1 aromatic heterocycles. The number of pyridine rings is 1. The van der Waals surface area contributed by atoms with Crippen LogP contribution in [0.5, 0.6) is 0 Å². The molecular formula is C17H13NO3. The molecule has 0 aliphatic heterocycles. The zero-order chi connectivity index (χ0) is 14.8. The number of carbonyl (C=O) groups is 1. The van der Waals surface area contributed by atoms with E-state index >= 15 is 0 Å². The third kappa shape index (κ3) is 2.37. The Morgan fingerprint density at radius 3 is 2.48 bits per heavy atom. The van der Waals surface area contributed by atoms with Gasteiger partial charge >= 0.3 is 0 Å². The Hall–Kier alpha value is -2.72. The molecule has 0 atom stereocenters. The SMILES string of the molecule is O=Cc1ccc(-n2ccc3cc(CO)ccc3c2=O)cc1. The lowest BCUT2D eigenvalue weighted by Gasteiger charge is -2.08. The van der Waals surface area contributed by atoms with E-state index in [1.54, 1.807) is 48.7 Å². The first-order valence-electron chi connectivity index (χ1n) is 6.54. The van der Waals surface area contributed by atoms with E-state index < -0.39 is 0 Å². The number of rotatable bonds is 3. The quantitative estimate of drug-likeness (QED) is 0.748. The van der Waals surface area contributed by atoms with Crippen LogP contribution in [-0.2, 0) is 6.61 Å². The molecule has 3 rings (SSSR count). The predicted molar refractivity (Wildman–Crippen MR) is 80.9 cm³/mol. The number of aliphatic hydroxyl groups excluding tert-OH is 1. The smallest absolute Gasteiger partial charge is 0.262 e. The van der Waals surface area contributed by atoms with Gasteiger partial charge in [0.05, 0.1) is 6.61 Å². The fourth-order valence-electron chi connectivity index (χ4n) is 2.31. The fourth-order valence-corrected chi connectivity index (χ4v) is 2.31. The molecule has 104 valence electrons. The van der Waals surface area contributed by atoms with E-state index in [1.165, 1.54) is 4.57 Å². The monoisotopic (exact) mass is 279 g/mol. The standard InChI is InChI=1S/C17H13NO3/c19-10-12-1-4-15(5-2-12)18-8-7-14-9-13(11-20)3-6-16(14)17(18)21/h1-10,20H,11H2. The van der Waals surface area contributed by atoms with Gasteiger partial charge in [0.25, 0.3) is 5.56 Å². The largest absolute Gasteiger partial charge is 0.392 e. The molecule has 0 fully saturated rings. The van der Waals surface area contributed by atoms with Crippen LogP contribution in [0.3, 0.4) is 0 Å². The van der Waals surface area contributed by atoms with Crippen LogP contribution in [0.15, 0.2) is 59.5 Å². The number of benzene rings is 2. The van der Waals surface area contributed by atoms with E-state index in [0.29, 0.717) is 16.6 Å². The Bertz CT molecular complexity index is 863. The number of fused-ring (bicyclic) bond motifs is 1.